The molecule has 1 N–H and O–H groups in total. The van der Waals surface area contributed by atoms with Gasteiger partial charge in [-0.1, -0.05) is 19.9 Å². The fourth-order valence-electron chi connectivity index (χ4n) is 4.16. The Kier molecular flexibility index (Phi) is 3.95. The summed E-state index contributed by atoms with van der Waals surface area (Å²) in [5, 5.41) is 15.4. The Morgan fingerprint density at radius 3 is 2.73 bits per heavy atom. The lowest BCUT2D eigenvalue weighted by Crippen LogP contribution is -2.45. The third-order valence-electron chi connectivity index (χ3n) is 5.78. The molecule has 2 aromatic rings. The first-order valence-corrected chi connectivity index (χ1v) is 9.82. The van der Waals surface area contributed by atoms with Crippen molar-refractivity contribution in [3.63, 3.8) is 0 Å². The van der Waals surface area contributed by atoms with Gasteiger partial charge in [-0.2, -0.15) is 5.10 Å². The van der Waals surface area contributed by atoms with Crippen LogP contribution in [0, 0.1) is 5.41 Å². The molecule has 0 bridgehead atoms. The van der Waals surface area contributed by atoms with Gasteiger partial charge in [-0.25, -0.2) is 0 Å². The van der Waals surface area contributed by atoms with Gasteiger partial charge in [-0.15, -0.1) is 11.3 Å². The lowest BCUT2D eigenvalue weighted by Gasteiger charge is -2.32. The van der Waals surface area contributed by atoms with E-state index in [9.17, 15) is 9.59 Å². The third-order valence-corrected chi connectivity index (χ3v) is 6.81. The van der Waals surface area contributed by atoms with E-state index in [1.54, 1.807) is 11.3 Å². The molecule has 2 aromatic heterocycles. The van der Waals surface area contributed by atoms with Gasteiger partial charge in [-0.05, 0) is 29.3 Å². The van der Waals surface area contributed by atoms with Crippen LogP contribution in [0.3, 0.4) is 0 Å². The molecule has 138 valence electrons. The Morgan fingerprint density at radius 1 is 1.35 bits per heavy atom. The molecule has 1 aliphatic heterocycles. The molecule has 1 saturated carbocycles. The predicted octanol–water partition coefficient (Wildman–Crippen LogP) is 2.67. The molecule has 0 spiro atoms. The Labute approximate surface area is 156 Å². The zero-order valence-electron chi connectivity index (χ0n) is 15.1. The van der Waals surface area contributed by atoms with Crippen molar-refractivity contribution in [3.8, 4) is 0 Å². The molecule has 1 aliphatic carbocycles. The number of aryl methyl sites for hydroxylation is 1. The van der Waals surface area contributed by atoms with Gasteiger partial charge in [0.2, 0.25) is 5.91 Å². The van der Waals surface area contributed by atoms with E-state index in [2.05, 4.69) is 25.0 Å². The summed E-state index contributed by atoms with van der Waals surface area (Å²) in [6.07, 6.45) is 1.39. The maximum absolute atomic E-state index is 13.5. The SMILES string of the molecule is CC1(C)C[C@]1(C(=O)N1CCn2nc(CCC(=O)O)cc2C1)c1cccs1. The molecule has 1 atom stereocenters. The molecule has 6 nitrogen and oxygen atoms in total. The fraction of sp³-hybridized carbons (Fsp3) is 0.526. The summed E-state index contributed by atoms with van der Waals surface area (Å²) in [5.41, 5.74) is 1.37. The standard InChI is InChI=1S/C19H23N3O3S/c1-18(2)12-19(18,15-4-3-9-26-15)17(25)21-7-8-22-14(11-21)10-13(20-22)5-6-16(23)24/h3-4,9-10H,5-8,11-12H2,1-2H3,(H,23,24)/t19-/m1/s1. The molecule has 7 heteroatoms. The van der Waals surface area contributed by atoms with E-state index >= 15 is 0 Å². The minimum absolute atomic E-state index is 0.0146. The van der Waals surface area contributed by atoms with E-state index in [1.807, 2.05) is 27.1 Å². The van der Waals surface area contributed by atoms with Crippen LogP contribution in [0.5, 0.6) is 0 Å². The highest BCUT2D eigenvalue weighted by atomic mass is 32.1. The molecule has 26 heavy (non-hydrogen) atoms. The van der Waals surface area contributed by atoms with Crippen molar-refractivity contribution in [3.05, 3.63) is 39.8 Å². The molecular formula is C19H23N3O3S. The van der Waals surface area contributed by atoms with Gasteiger partial charge in [-0.3, -0.25) is 14.3 Å². The summed E-state index contributed by atoms with van der Waals surface area (Å²) in [5.74, 6) is -0.605. The fourth-order valence-corrected chi connectivity index (χ4v) is 5.26. The van der Waals surface area contributed by atoms with Crippen molar-refractivity contribution in [2.45, 2.75) is 51.6 Å². The van der Waals surface area contributed by atoms with Crippen LogP contribution in [0.2, 0.25) is 0 Å². The first-order valence-electron chi connectivity index (χ1n) is 8.94. The van der Waals surface area contributed by atoms with E-state index in [0.717, 1.165) is 22.7 Å². The largest absolute Gasteiger partial charge is 0.481 e. The molecule has 1 fully saturated rings. The molecule has 1 amide bonds. The van der Waals surface area contributed by atoms with Crippen molar-refractivity contribution >= 4 is 23.2 Å². The number of carbonyl (C=O) groups excluding carboxylic acids is 1. The molecule has 2 aliphatic rings. The topological polar surface area (TPSA) is 75.4 Å². The van der Waals surface area contributed by atoms with Crippen LogP contribution in [0.4, 0.5) is 0 Å². The Hall–Kier alpha value is -2.15. The highest BCUT2D eigenvalue weighted by molar-refractivity contribution is 7.10. The Morgan fingerprint density at radius 2 is 2.12 bits per heavy atom. The number of hydrogen-bond donors (Lipinski definition) is 1. The van der Waals surface area contributed by atoms with Gasteiger partial charge >= 0.3 is 5.97 Å². The Balaban J connectivity index is 1.53. The van der Waals surface area contributed by atoms with Gasteiger partial charge in [0, 0.05) is 17.8 Å². The van der Waals surface area contributed by atoms with Gasteiger partial charge < -0.3 is 10.0 Å². The minimum Gasteiger partial charge on any atom is -0.481 e. The average Bonchev–Trinajstić information content (AvgIpc) is 3.03. The molecule has 3 heterocycles. The molecule has 0 unspecified atom stereocenters. The van der Waals surface area contributed by atoms with Crippen LogP contribution < -0.4 is 0 Å². The van der Waals surface area contributed by atoms with E-state index < -0.39 is 11.4 Å². The van der Waals surface area contributed by atoms with Crippen molar-refractivity contribution in [2.75, 3.05) is 6.54 Å². The summed E-state index contributed by atoms with van der Waals surface area (Å²) < 4.78 is 1.91. The first kappa shape index (κ1) is 17.3. The van der Waals surface area contributed by atoms with E-state index in [4.69, 9.17) is 5.11 Å². The third kappa shape index (κ3) is 2.65. The van der Waals surface area contributed by atoms with E-state index in [0.29, 0.717) is 26.1 Å². The molecule has 0 saturated heterocycles. The van der Waals surface area contributed by atoms with Gasteiger partial charge in [0.25, 0.3) is 0 Å². The number of thiophene rings is 1. The number of fused-ring (bicyclic) bond motifs is 1. The second-order valence-electron chi connectivity index (χ2n) is 7.91. The average molecular weight is 373 g/mol. The summed E-state index contributed by atoms with van der Waals surface area (Å²) >= 11 is 1.67. The number of hydrogen-bond acceptors (Lipinski definition) is 4. The lowest BCUT2D eigenvalue weighted by atomic mass is 9.92. The highest BCUT2D eigenvalue weighted by Crippen LogP contribution is 2.66. The maximum Gasteiger partial charge on any atom is 0.303 e. The molecule has 0 radical (unpaired) electrons. The number of carbonyl (C=O) groups is 2. The number of aliphatic carboxylic acids is 1. The highest BCUT2D eigenvalue weighted by Gasteiger charge is 2.68. The smallest absolute Gasteiger partial charge is 0.303 e. The van der Waals surface area contributed by atoms with Crippen LogP contribution in [0.25, 0.3) is 0 Å². The molecule has 0 aromatic carbocycles. The Bertz CT molecular complexity index is 856. The van der Waals surface area contributed by atoms with Gasteiger partial charge in [0.1, 0.15) is 0 Å². The monoisotopic (exact) mass is 373 g/mol. The van der Waals surface area contributed by atoms with Gasteiger partial charge in [0.15, 0.2) is 0 Å². The quantitative estimate of drug-likeness (QED) is 0.874. The summed E-state index contributed by atoms with van der Waals surface area (Å²) in [4.78, 5) is 27.3. The van der Waals surface area contributed by atoms with Crippen molar-refractivity contribution in [1.29, 1.82) is 0 Å². The van der Waals surface area contributed by atoms with Crippen LogP contribution in [0.15, 0.2) is 23.6 Å². The first-order chi connectivity index (χ1) is 12.3. The number of aromatic nitrogens is 2. The van der Waals surface area contributed by atoms with Crippen LogP contribution in [-0.4, -0.2) is 38.2 Å². The van der Waals surface area contributed by atoms with Crippen LogP contribution >= 0.6 is 11.3 Å². The van der Waals surface area contributed by atoms with Crippen LogP contribution in [0.1, 0.15) is 43.0 Å². The van der Waals surface area contributed by atoms with Crippen LogP contribution in [-0.2, 0) is 34.5 Å². The van der Waals surface area contributed by atoms with E-state index in [-0.39, 0.29) is 17.7 Å². The lowest BCUT2D eigenvalue weighted by molar-refractivity contribution is -0.137. The minimum atomic E-state index is -0.818. The van der Waals surface area contributed by atoms with Gasteiger partial charge in [0.05, 0.1) is 36.3 Å². The summed E-state index contributed by atoms with van der Waals surface area (Å²) in [6, 6.07) is 6.04. The predicted molar refractivity (Wildman–Crippen MR) is 98.0 cm³/mol. The molecular weight excluding hydrogens is 350 g/mol. The van der Waals surface area contributed by atoms with E-state index in [1.165, 1.54) is 0 Å². The number of amides is 1. The number of nitrogens with zero attached hydrogens (tertiary/aromatic N) is 3. The number of carboxylic acid groups (broad SMARTS) is 1. The van der Waals surface area contributed by atoms with Crippen molar-refractivity contribution in [2.24, 2.45) is 5.41 Å². The second kappa shape index (κ2) is 5.94. The van der Waals surface area contributed by atoms with Crippen molar-refractivity contribution < 1.29 is 14.7 Å². The number of rotatable bonds is 5. The second-order valence-corrected chi connectivity index (χ2v) is 8.86. The zero-order chi connectivity index (χ0) is 18.5. The normalized spacial score (nSPS) is 23.5. The maximum atomic E-state index is 13.5. The molecule has 4 rings (SSSR count). The summed E-state index contributed by atoms with van der Waals surface area (Å²) in [6.45, 7) is 6.19. The number of carboxylic acids is 1. The van der Waals surface area contributed by atoms with Crippen molar-refractivity contribution in [1.82, 2.24) is 14.7 Å². The zero-order valence-corrected chi connectivity index (χ0v) is 15.9. The summed E-state index contributed by atoms with van der Waals surface area (Å²) in [7, 11) is 0.